The van der Waals surface area contributed by atoms with Crippen molar-refractivity contribution in [3.05, 3.63) is 11.6 Å². The number of fused-ring (bicyclic) bond motifs is 5. The van der Waals surface area contributed by atoms with Crippen LogP contribution >= 0.6 is 0 Å². The molecule has 5 rings (SSSR count). The molecule has 1 saturated heterocycles. The summed E-state index contributed by atoms with van der Waals surface area (Å²) in [6, 6.07) is 0.319. The molecule has 0 bridgehead atoms. The van der Waals surface area contributed by atoms with Gasteiger partial charge in [-0.3, -0.25) is 9.63 Å². The second-order valence-electron chi connectivity index (χ2n) is 13.7. The first-order valence-electron chi connectivity index (χ1n) is 15.3. The molecule has 1 aliphatic heterocycles. The summed E-state index contributed by atoms with van der Waals surface area (Å²) < 4.78 is 0. The molecule has 212 valence electrons. The third-order valence-corrected chi connectivity index (χ3v) is 11.5. The summed E-state index contributed by atoms with van der Waals surface area (Å²) in [6.07, 6.45) is 11.6. The van der Waals surface area contributed by atoms with E-state index in [1.807, 2.05) is 13.1 Å². The van der Waals surface area contributed by atoms with E-state index in [1.54, 1.807) is 4.90 Å². The molecule has 38 heavy (non-hydrogen) atoms. The summed E-state index contributed by atoms with van der Waals surface area (Å²) in [4.78, 5) is 32.7. The van der Waals surface area contributed by atoms with Crippen molar-refractivity contribution in [3.8, 4) is 0 Å². The van der Waals surface area contributed by atoms with E-state index in [4.69, 9.17) is 4.84 Å². The van der Waals surface area contributed by atoms with Crippen molar-refractivity contribution >= 4 is 17.6 Å². The number of amides is 1. The monoisotopic (exact) mass is 526 g/mol. The Morgan fingerprint density at radius 3 is 2.74 bits per heavy atom. The van der Waals surface area contributed by atoms with Gasteiger partial charge in [0.25, 0.3) is 0 Å². The Morgan fingerprint density at radius 1 is 1.18 bits per heavy atom. The van der Waals surface area contributed by atoms with Gasteiger partial charge in [-0.15, -0.1) is 0 Å². The fourth-order valence-corrected chi connectivity index (χ4v) is 9.41. The topological polar surface area (TPSA) is 83.0 Å². The Morgan fingerprint density at radius 2 is 2.00 bits per heavy atom. The number of rotatable bonds is 7. The Labute approximate surface area is 229 Å². The lowest BCUT2D eigenvalue weighted by Crippen LogP contribution is -2.51. The van der Waals surface area contributed by atoms with Gasteiger partial charge >= 0.3 is 6.09 Å². The van der Waals surface area contributed by atoms with Gasteiger partial charge in [0.05, 0.1) is 5.71 Å². The lowest BCUT2D eigenvalue weighted by molar-refractivity contribution is -0.117. The highest BCUT2D eigenvalue weighted by Crippen LogP contribution is 2.66. The molecular weight excluding hydrogens is 476 g/mol. The molecular formula is C31H50N4O3. The van der Waals surface area contributed by atoms with Crippen LogP contribution in [0.4, 0.5) is 4.79 Å². The van der Waals surface area contributed by atoms with Crippen LogP contribution in [0.3, 0.4) is 0 Å². The molecule has 1 heterocycles. The zero-order chi connectivity index (χ0) is 27.1. The molecule has 2 N–H and O–H groups in total. The van der Waals surface area contributed by atoms with Crippen molar-refractivity contribution in [2.45, 2.75) is 91.5 Å². The summed E-state index contributed by atoms with van der Waals surface area (Å²) in [5, 5.41) is 11.2. The number of nitrogens with zero attached hydrogens (tertiary/aromatic N) is 2. The van der Waals surface area contributed by atoms with Gasteiger partial charge in [0, 0.05) is 38.0 Å². The van der Waals surface area contributed by atoms with Crippen LogP contribution in [0.25, 0.3) is 0 Å². The first-order valence-corrected chi connectivity index (χ1v) is 15.3. The first-order chi connectivity index (χ1) is 18.2. The van der Waals surface area contributed by atoms with Crippen molar-refractivity contribution in [1.82, 2.24) is 15.5 Å². The third kappa shape index (κ3) is 5.10. The van der Waals surface area contributed by atoms with Gasteiger partial charge in [-0.1, -0.05) is 31.5 Å². The molecule has 3 saturated carbocycles. The maximum Gasteiger partial charge on any atom is 0.436 e. The highest BCUT2D eigenvalue weighted by molar-refractivity contribution is 5.91. The fraction of sp³-hybridized carbons (Fsp3) is 0.839. The zero-order valence-corrected chi connectivity index (χ0v) is 24.4. The number of ketones is 1. The molecule has 1 amide bonds. The van der Waals surface area contributed by atoms with E-state index >= 15 is 0 Å². The molecule has 7 nitrogen and oxygen atoms in total. The molecule has 0 aromatic rings. The molecule has 0 aromatic carbocycles. The smallest absolute Gasteiger partial charge is 0.318 e. The second-order valence-corrected chi connectivity index (χ2v) is 13.7. The van der Waals surface area contributed by atoms with E-state index in [1.165, 1.54) is 31.3 Å². The normalized spacial score (nSPS) is 40.7. The van der Waals surface area contributed by atoms with E-state index in [0.717, 1.165) is 50.4 Å². The van der Waals surface area contributed by atoms with Crippen molar-refractivity contribution in [3.63, 3.8) is 0 Å². The largest absolute Gasteiger partial charge is 0.436 e. The highest BCUT2D eigenvalue weighted by atomic mass is 16.7. The molecule has 5 aliphatic rings. The third-order valence-electron chi connectivity index (χ3n) is 11.5. The first kappa shape index (κ1) is 27.8. The van der Waals surface area contributed by atoms with Crippen LogP contribution in [0.15, 0.2) is 16.8 Å². The van der Waals surface area contributed by atoms with E-state index in [9.17, 15) is 9.59 Å². The molecule has 0 aromatic heterocycles. The van der Waals surface area contributed by atoms with E-state index in [0.29, 0.717) is 55.0 Å². The van der Waals surface area contributed by atoms with Gasteiger partial charge in [-0.25, -0.2) is 4.79 Å². The molecule has 7 heteroatoms. The zero-order valence-electron chi connectivity index (χ0n) is 24.4. The van der Waals surface area contributed by atoms with Crippen molar-refractivity contribution in [2.24, 2.45) is 45.6 Å². The summed E-state index contributed by atoms with van der Waals surface area (Å²) in [5.74, 6) is 3.44. The number of likely N-dealkylation sites (N-methyl/N-ethyl adjacent to an activating group) is 1. The summed E-state index contributed by atoms with van der Waals surface area (Å²) in [5.41, 5.74) is 2.83. The van der Waals surface area contributed by atoms with Crippen LogP contribution in [-0.2, 0) is 9.63 Å². The predicted octanol–water partition coefficient (Wildman–Crippen LogP) is 5.17. The average molecular weight is 527 g/mol. The van der Waals surface area contributed by atoms with Gasteiger partial charge in [-0.05, 0) is 112 Å². The summed E-state index contributed by atoms with van der Waals surface area (Å²) >= 11 is 0. The van der Waals surface area contributed by atoms with Crippen molar-refractivity contribution in [2.75, 3.05) is 33.2 Å². The molecule has 2 unspecified atom stereocenters. The lowest BCUT2D eigenvalue weighted by Gasteiger charge is -2.58. The minimum absolute atomic E-state index is 0.206. The molecule has 4 aliphatic carbocycles. The standard InChI is InChI=1S/C31H50N4O3/c1-20-16-23(33-18-20)19-35(15-14-32-5)29(37)38-34-21(2)26-8-9-27-25-7-6-22-17-24(36)10-12-30(22,3)28(25)11-13-31(26,27)4/h17,20,23,25-28,32-33H,6-16,18-19H2,1-5H3/b34-21+/t20?,23?,25-,26+,27-,28-,30-,31+/m0/s1. The van der Waals surface area contributed by atoms with Gasteiger partial charge < -0.3 is 15.5 Å². The molecule has 4 fully saturated rings. The SMILES string of the molecule is CNCCN(CC1CC(C)CN1)C(=O)O/N=C(\C)[C@H]1CC[C@H]2[C@@H]3CCC4=CC(=O)CC[C@]4(C)[C@H]3CC[C@]12C. The molecule has 0 spiro atoms. The van der Waals surface area contributed by atoms with E-state index in [2.05, 4.69) is 43.5 Å². The van der Waals surface area contributed by atoms with Gasteiger partial charge in [0.15, 0.2) is 5.78 Å². The number of allylic oxidation sites excluding steroid dienone is 1. The fourth-order valence-electron chi connectivity index (χ4n) is 9.41. The van der Waals surface area contributed by atoms with Gasteiger partial charge in [0.2, 0.25) is 0 Å². The minimum Gasteiger partial charge on any atom is -0.318 e. The van der Waals surface area contributed by atoms with Crippen LogP contribution in [-0.4, -0.2) is 61.8 Å². The minimum atomic E-state index is -0.337. The highest BCUT2D eigenvalue weighted by Gasteiger charge is 2.59. The van der Waals surface area contributed by atoms with Crippen LogP contribution in [0.2, 0.25) is 0 Å². The second kappa shape index (κ2) is 11.0. The Hall–Kier alpha value is -1.73. The van der Waals surface area contributed by atoms with Gasteiger partial charge in [0.1, 0.15) is 0 Å². The Balaban J connectivity index is 1.25. The summed E-state index contributed by atoms with van der Waals surface area (Å²) in [7, 11) is 1.91. The maximum absolute atomic E-state index is 13.1. The number of carbonyl (C=O) groups excluding carboxylic acids is 2. The van der Waals surface area contributed by atoms with Crippen molar-refractivity contribution < 1.29 is 14.4 Å². The Kier molecular flexibility index (Phi) is 8.08. The van der Waals surface area contributed by atoms with Crippen LogP contribution in [0.1, 0.15) is 85.5 Å². The Bertz CT molecular complexity index is 978. The lowest BCUT2D eigenvalue weighted by atomic mass is 9.46. The number of hydrogen-bond acceptors (Lipinski definition) is 6. The quantitative estimate of drug-likeness (QED) is 0.272. The van der Waals surface area contributed by atoms with Crippen LogP contribution < -0.4 is 10.6 Å². The van der Waals surface area contributed by atoms with Gasteiger partial charge in [-0.2, -0.15) is 0 Å². The van der Waals surface area contributed by atoms with E-state index < -0.39 is 0 Å². The van der Waals surface area contributed by atoms with Crippen molar-refractivity contribution in [1.29, 1.82) is 0 Å². The number of hydrogen-bond donors (Lipinski definition) is 2. The number of nitrogens with one attached hydrogen (secondary N) is 2. The van der Waals surface area contributed by atoms with Crippen LogP contribution in [0, 0.1) is 40.4 Å². The number of oxime groups is 1. The summed E-state index contributed by atoms with van der Waals surface area (Å²) in [6.45, 7) is 12.3. The maximum atomic E-state index is 13.1. The average Bonchev–Trinajstić information content (AvgIpc) is 3.47. The van der Waals surface area contributed by atoms with Crippen LogP contribution in [0.5, 0.6) is 0 Å². The van der Waals surface area contributed by atoms with E-state index in [-0.39, 0.29) is 16.9 Å². The predicted molar refractivity (Wildman–Crippen MR) is 151 cm³/mol. The molecule has 0 radical (unpaired) electrons. The number of carbonyl (C=O) groups is 2. The molecule has 8 atom stereocenters.